The van der Waals surface area contributed by atoms with Crippen LogP contribution in [0.3, 0.4) is 0 Å². The molecule has 1 fully saturated rings. The lowest BCUT2D eigenvalue weighted by molar-refractivity contribution is -0.171. The van der Waals surface area contributed by atoms with E-state index < -0.39 is 24.4 Å². The maximum atomic E-state index is 10.4. The number of aliphatic hydroxyl groups is 2. The van der Waals surface area contributed by atoms with Crippen LogP contribution >= 0.6 is 0 Å². The Morgan fingerprint density at radius 1 is 1.38 bits per heavy atom. The molecule has 0 spiro atoms. The lowest BCUT2D eigenvalue weighted by Gasteiger charge is -2.38. The molecule has 0 amide bonds. The first-order valence-corrected chi connectivity index (χ1v) is 4.45. The molecule has 1 rings (SSSR count). The summed E-state index contributed by atoms with van der Waals surface area (Å²) in [6.45, 7) is 3.51. The third kappa shape index (κ3) is 1.87. The smallest absolute Gasteiger partial charge is 0.146 e. The van der Waals surface area contributed by atoms with Gasteiger partial charge in [-0.25, -0.2) is 0 Å². The number of nitroso groups, excluding NO2 is 1. The molecule has 1 heterocycles. The molecule has 5 nitrogen and oxygen atoms in total. The highest BCUT2D eigenvalue weighted by Gasteiger charge is 2.42. The molecule has 0 saturated carbocycles. The summed E-state index contributed by atoms with van der Waals surface area (Å²) >= 11 is 0. The molecule has 5 atom stereocenters. The molecule has 2 N–H and O–H groups in total. The zero-order valence-electron chi connectivity index (χ0n) is 7.75. The van der Waals surface area contributed by atoms with Gasteiger partial charge in [0.25, 0.3) is 0 Å². The summed E-state index contributed by atoms with van der Waals surface area (Å²) in [7, 11) is 0. The van der Waals surface area contributed by atoms with Gasteiger partial charge in [0.05, 0.1) is 12.2 Å². The maximum Gasteiger partial charge on any atom is 0.146 e. The van der Waals surface area contributed by atoms with Crippen LogP contribution in [0.25, 0.3) is 0 Å². The van der Waals surface area contributed by atoms with E-state index in [0.717, 1.165) is 0 Å². The number of aliphatic hydroxyl groups excluding tert-OH is 2. The molecular formula is C8H15NO4. The van der Waals surface area contributed by atoms with Gasteiger partial charge in [0.15, 0.2) is 0 Å². The van der Waals surface area contributed by atoms with Gasteiger partial charge in [-0.1, -0.05) is 12.1 Å². The van der Waals surface area contributed by atoms with Crippen LogP contribution in [0.1, 0.15) is 20.3 Å². The summed E-state index contributed by atoms with van der Waals surface area (Å²) in [6.07, 6.45) is -2.36. The molecule has 0 aromatic rings. The summed E-state index contributed by atoms with van der Waals surface area (Å²) in [5.74, 6) is 0. The van der Waals surface area contributed by atoms with Crippen molar-refractivity contribution in [3.8, 4) is 0 Å². The summed E-state index contributed by atoms with van der Waals surface area (Å²) in [5.41, 5.74) is 0. The molecular weight excluding hydrogens is 174 g/mol. The summed E-state index contributed by atoms with van der Waals surface area (Å²) in [6, 6.07) is -0.851. The van der Waals surface area contributed by atoms with Gasteiger partial charge < -0.3 is 14.9 Å². The van der Waals surface area contributed by atoms with Crippen LogP contribution in [0.4, 0.5) is 0 Å². The second kappa shape index (κ2) is 4.13. The minimum Gasteiger partial charge on any atom is -0.388 e. The fourth-order valence-corrected chi connectivity index (χ4v) is 1.60. The second-order valence-corrected chi connectivity index (χ2v) is 3.37. The molecule has 0 aromatic carbocycles. The van der Waals surface area contributed by atoms with Crippen molar-refractivity contribution in [2.75, 3.05) is 0 Å². The standard InChI is InChI=1S/C8H15NO4/c1-3-5-6(9-12)8(11)7(10)4(2)13-5/h4-8,10-11H,3H2,1-2H3/t4?,5-,6?,7+,8?/m0/s1. The Labute approximate surface area is 76.7 Å². The van der Waals surface area contributed by atoms with Crippen molar-refractivity contribution < 1.29 is 14.9 Å². The van der Waals surface area contributed by atoms with Gasteiger partial charge in [0, 0.05) is 0 Å². The minimum atomic E-state index is -1.11. The third-order valence-corrected chi connectivity index (χ3v) is 2.48. The van der Waals surface area contributed by atoms with Crippen molar-refractivity contribution in [1.82, 2.24) is 0 Å². The average Bonchev–Trinajstić information content (AvgIpc) is 2.13. The fraction of sp³-hybridized carbons (Fsp3) is 1.00. The maximum absolute atomic E-state index is 10.4. The highest BCUT2D eigenvalue weighted by molar-refractivity contribution is 4.94. The molecule has 1 aliphatic rings. The first kappa shape index (κ1) is 10.6. The van der Waals surface area contributed by atoms with Crippen LogP contribution in [-0.2, 0) is 4.74 Å². The summed E-state index contributed by atoms with van der Waals surface area (Å²) < 4.78 is 5.32. The Bertz CT molecular complexity index is 185. The number of rotatable bonds is 2. The van der Waals surface area contributed by atoms with Crippen molar-refractivity contribution >= 4 is 0 Å². The van der Waals surface area contributed by atoms with E-state index in [0.29, 0.717) is 6.42 Å². The number of hydrogen-bond acceptors (Lipinski definition) is 5. The van der Waals surface area contributed by atoms with Gasteiger partial charge in [-0.15, -0.1) is 0 Å². The Morgan fingerprint density at radius 2 is 2.00 bits per heavy atom. The highest BCUT2D eigenvalue weighted by Crippen LogP contribution is 2.24. The highest BCUT2D eigenvalue weighted by atomic mass is 16.5. The molecule has 76 valence electrons. The first-order valence-electron chi connectivity index (χ1n) is 4.45. The normalized spacial score (nSPS) is 46.0. The minimum absolute atomic E-state index is 0.383. The molecule has 0 aliphatic carbocycles. The van der Waals surface area contributed by atoms with Crippen molar-refractivity contribution in [2.24, 2.45) is 5.18 Å². The van der Waals surface area contributed by atoms with Crippen LogP contribution in [-0.4, -0.2) is 40.7 Å². The molecule has 0 aromatic heterocycles. The zero-order valence-corrected chi connectivity index (χ0v) is 7.75. The summed E-state index contributed by atoms with van der Waals surface area (Å²) in [5, 5.41) is 21.7. The molecule has 0 bridgehead atoms. The van der Waals surface area contributed by atoms with Crippen molar-refractivity contribution in [3.63, 3.8) is 0 Å². The van der Waals surface area contributed by atoms with E-state index in [1.807, 2.05) is 6.92 Å². The first-order chi connectivity index (χ1) is 6.11. The quantitative estimate of drug-likeness (QED) is 0.601. The van der Waals surface area contributed by atoms with Gasteiger partial charge in [0.1, 0.15) is 18.2 Å². The van der Waals surface area contributed by atoms with E-state index >= 15 is 0 Å². The third-order valence-electron chi connectivity index (χ3n) is 2.48. The lowest BCUT2D eigenvalue weighted by Crippen LogP contribution is -2.55. The summed E-state index contributed by atoms with van der Waals surface area (Å²) in [4.78, 5) is 10.4. The van der Waals surface area contributed by atoms with E-state index in [1.165, 1.54) is 0 Å². The number of ether oxygens (including phenoxy) is 1. The predicted octanol–water partition coefficient (Wildman–Crippen LogP) is 0.0405. The van der Waals surface area contributed by atoms with Crippen molar-refractivity contribution in [3.05, 3.63) is 4.91 Å². The Morgan fingerprint density at radius 3 is 2.46 bits per heavy atom. The van der Waals surface area contributed by atoms with E-state index in [2.05, 4.69) is 5.18 Å². The van der Waals surface area contributed by atoms with Crippen LogP contribution in [0, 0.1) is 4.91 Å². The fourth-order valence-electron chi connectivity index (χ4n) is 1.60. The molecule has 0 radical (unpaired) electrons. The van der Waals surface area contributed by atoms with Gasteiger partial charge >= 0.3 is 0 Å². The predicted molar refractivity (Wildman–Crippen MR) is 46.2 cm³/mol. The van der Waals surface area contributed by atoms with E-state index in [1.54, 1.807) is 6.92 Å². The number of hydrogen-bond donors (Lipinski definition) is 2. The Kier molecular flexibility index (Phi) is 3.35. The average molecular weight is 189 g/mol. The van der Waals surface area contributed by atoms with Gasteiger partial charge in [-0.05, 0) is 13.3 Å². The lowest BCUT2D eigenvalue weighted by atomic mass is 9.93. The Hall–Kier alpha value is -0.520. The molecule has 1 aliphatic heterocycles. The van der Waals surface area contributed by atoms with E-state index in [-0.39, 0.29) is 6.10 Å². The van der Waals surface area contributed by atoms with Crippen molar-refractivity contribution in [1.29, 1.82) is 0 Å². The SMILES string of the molecule is CC[C@@H]1OC(C)[C@@H](O)C(O)C1N=O. The van der Waals surface area contributed by atoms with Crippen LogP contribution in [0.2, 0.25) is 0 Å². The largest absolute Gasteiger partial charge is 0.388 e. The molecule has 3 unspecified atom stereocenters. The van der Waals surface area contributed by atoms with Crippen LogP contribution in [0.5, 0.6) is 0 Å². The van der Waals surface area contributed by atoms with Gasteiger partial charge in [0.2, 0.25) is 0 Å². The topological polar surface area (TPSA) is 79.1 Å². The Balaban J connectivity index is 2.74. The number of nitrogens with zero attached hydrogens (tertiary/aromatic N) is 1. The van der Waals surface area contributed by atoms with Gasteiger partial charge in [-0.3, -0.25) is 0 Å². The molecule has 5 heteroatoms. The monoisotopic (exact) mass is 189 g/mol. The van der Waals surface area contributed by atoms with Crippen LogP contribution in [0.15, 0.2) is 5.18 Å². The van der Waals surface area contributed by atoms with Gasteiger partial charge in [-0.2, -0.15) is 4.91 Å². The van der Waals surface area contributed by atoms with E-state index in [9.17, 15) is 15.1 Å². The molecule has 13 heavy (non-hydrogen) atoms. The molecule has 1 saturated heterocycles. The second-order valence-electron chi connectivity index (χ2n) is 3.37. The van der Waals surface area contributed by atoms with Crippen LogP contribution < -0.4 is 0 Å². The van der Waals surface area contributed by atoms with Crippen molar-refractivity contribution in [2.45, 2.75) is 50.7 Å². The van der Waals surface area contributed by atoms with E-state index in [4.69, 9.17) is 4.74 Å². The zero-order chi connectivity index (χ0) is 10.0.